The van der Waals surface area contributed by atoms with E-state index < -0.39 is 10.0 Å². The van der Waals surface area contributed by atoms with Gasteiger partial charge in [0.05, 0.1) is 5.69 Å². The number of nitrogens with one attached hydrogen (secondary N) is 1. The zero-order chi connectivity index (χ0) is 15.5. The zero-order valence-electron chi connectivity index (χ0n) is 12.2. The Kier molecular flexibility index (Phi) is 5.08. The van der Waals surface area contributed by atoms with Crippen LogP contribution in [-0.2, 0) is 10.0 Å². The van der Waals surface area contributed by atoms with Crippen LogP contribution in [0.5, 0.6) is 0 Å². The standard InChI is InChI=1S/C14H23N3O3S/c1-16-21(19,20)14-10-11(15)6-7-13(14)17-8-2-4-12(17)5-3-9-18/h6-7,10,12,16,18H,2-5,8-9,15H2,1H3. The fourth-order valence-corrected chi connectivity index (χ4v) is 3.84. The van der Waals surface area contributed by atoms with E-state index in [9.17, 15) is 8.42 Å². The highest BCUT2D eigenvalue weighted by molar-refractivity contribution is 7.89. The number of anilines is 2. The number of hydrogen-bond donors (Lipinski definition) is 3. The summed E-state index contributed by atoms with van der Waals surface area (Å²) in [5, 5.41) is 9.00. The van der Waals surface area contributed by atoms with Crippen molar-refractivity contribution in [1.29, 1.82) is 0 Å². The molecule has 1 fully saturated rings. The number of nitrogen functional groups attached to an aromatic ring is 1. The maximum absolute atomic E-state index is 12.2. The van der Waals surface area contributed by atoms with Crippen LogP contribution in [0, 0.1) is 0 Å². The molecule has 2 rings (SSSR count). The Bertz CT molecular complexity index is 589. The number of hydrogen-bond acceptors (Lipinski definition) is 5. The van der Waals surface area contributed by atoms with Crippen molar-refractivity contribution >= 4 is 21.4 Å². The molecule has 0 saturated carbocycles. The van der Waals surface area contributed by atoms with Gasteiger partial charge in [-0.3, -0.25) is 0 Å². The van der Waals surface area contributed by atoms with Crippen LogP contribution in [0.2, 0.25) is 0 Å². The summed E-state index contributed by atoms with van der Waals surface area (Å²) >= 11 is 0. The maximum Gasteiger partial charge on any atom is 0.242 e. The van der Waals surface area contributed by atoms with Crippen molar-refractivity contribution < 1.29 is 13.5 Å². The first-order valence-electron chi connectivity index (χ1n) is 7.20. The minimum atomic E-state index is -3.55. The molecule has 4 N–H and O–H groups in total. The average molecular weight is 313 g/mol. The van der Waals surface area contributed by atoms with Crippen LogP contribution in [0.1, 0.15) is 25.7 Å². The molecule has 1 atom stereocenters. The van der Waals surface area contributed by atoms with Gasteiger partial charge in [-0.1, -0.05) is 0 Å². The monoisotopic (exact) mass is 313 g/mol. The van der Waals surface area contributed by atoms with Crippen LogP contribution in [0.25, 0.3) is 0 Å². The minimum absolute atomic E-state index is 0.160. The van der Waals surface area contributed by atoms with Crippen LogP contribution < -0.4 is 15.4 Å². The molecule has 21 heavy (non-hydrogen) atoms. The van der Waals surface area contributed by atoms with Crippen molar-refractivity contribution in [2.24, 2.45) is 0 Å². The topological polar surface area (TPSA) is 95.7 Å². The fourth-order valence-electron chi connectivity index (χ4n) is 2.87. The van der Waals surface area contributed by atoms with E-state index in [-0.39, 0.29) is 17.5 Å². The van der Waals surface area contributed by atoms with E-state index in [1.807, 2.05) is 0 Å². The minimum Gasteiger partial charge on any atom is -0.399 e. The molecule has 0 amide bonds. The summed E-state index contributed by atoms with van der Waals surface area (Å²) in [5.74, 6) is 0. The number of aliphatic hydroxyl groups excluding tert-OH is 1. The number of aliphatic hydroxyl groups is 1. The van der Waals surface area contributed by atoms with E-state index in [0.717, 1.165) is 32.2 Å². The Balaban J connectivity index is 2.39. The molecule has 1 aliphatic rings. The van der Waals surface area contributed by atoms with E-state index in [0.29, 0.717) is 11.4 Å². The third kappa shape index (κ3) is 3.48. The van der Waals surface area contributed by atoms with Gasteiger partial charge in [-0.2, -0.15) is 0 Å². The lowest BCUT2D eigenvalue weighted by molar-refractivity contribution is 0.279. The first-order valence-corrected chi connectivity index (χ1v) is 8.68. The summed E-state index contributed by atoms with van der Waals surface area (Å²) in [7, 11) is -2.16. The lowest BCUT2D eigenvalue weighted by Crippen LogP contribution is -2.32. The van der Waals surface area contributed by atoms with Gasteiger partial charge >= 0.3 is 0 Å². The SMILES string of the molecule is CNS(=O)(=O)c1cc(N)ccc1N1CCCC1CCCO. The Morgan fingerprint density at radius 3 is 2.90 bits per heavy atom. The van der Waals surface area contributed by atoms with Gasteiger partial charge in [0.15, 0.2) is 0 Å². The van der Waals surface area contributed by atoms with Crippen LogP contribution in [0.4, 0.5) is 11.4 Å². The Labute approximate surface area is 126 Å². The van der Waals surface area contributed by atoms with Crippen LogP contribution in [0.15, 0.2) is 23.1 Å². The van der Waals surface area contributed by atoms with Gasteiger partial charge in [-0.15, -0.1) is 0 Å². The number of nitrogens with two attached hydrogens (primary N) is 1. The number of benzene rings is 1. The summed E-state index contributed by atoms with van der Waals surface area (Å²) in [4.78, 5) is 2.35. The Morgan fingerprint density at radius 2 is 2.24 bits per heavy atom. The molecule has 0 aromatic heterocycles. The summed E-state index contributed by atoms with van der Waals surface area (Å²) in [5.41, 5.74) is 6.87. The van der Waals surface area contributed by atoms with Crippen LogP contribution in [-0.4, -0.2) is 39.8 Å². The first-order chi connectivity index (χ1) is 9.99. The lowest BCUT2D eigenvalue weighted by atomic mass is 10.1. The van der Waals surface area contributed by atoms with Gasteiger partial charge in [0.1, 0.15) is 4.90 Å². The normalized spacial score (nSPS) is 19.1. The highest BCUT2D eigenvalue weighted by Crippen LogP contribution is 2.34. The third-order valence-electron chi connectivity index (χ3n) is 3.92. The molecule has 0 radical (unpaired) electrons. The molecule has 0 bridgehead atoms. The van der Waals surface area contributed by atoms with Gasteiger partial charge < -0.3 is 15.7 Å². The predicted octanol–water partition coefficient (Wildman–Crippen LogP) is 0.918. The first kappa shape index (κ1) is 16.1. The molecule has 1 aromatic carbocycles. The molecule has 0 spiro atoms. The van der Waals surface area contributed by atoms with Crippen molar-refractivity contribution in [2.75, 3.05) is 30.8 Å². The number of rotatable bonds is 6. The molecule has 118 valence electrons. The molecule has 7 heteroatoms. The van der Waals surface area contributed by atoms with Gasteiger partial charge in [-0.25, -0.2) is 13.1 Å². The van der Waals surface area contributed by atoms with E-state index in [1.54, 1.807) is 12.1 Å². The molecule has 0 aliphatic carbocycles. The molecule has 6 nitrogen and oxygen atoms in total. The number of sulfonamides is 1. The van der Waals surface area contributed by atoms with Gasteiger partial charge in [0.25, 0.3) is 0 Å². The Hall–Kier alpha value is -1.31. The number of nitrogens with zero attached hydrogens (tertiary/aromatic N) is 1. The van der Waals surface area contributed by atoms with E-state index >= 15 is 0 Å². The van der Waals surface area contributed by atoms with E-state index in [4.69, 9.17) is 10.8 Å². The van der Waals surface area contributed by atoms with E-state index in [1.165, 1.54) is 13.1 Å². The smallest absolute Gasteiger partial charge is 0.242 e. The second-order valence-electron chi connectivity index (χ2n) is 5.29. The maximum atomic E-state index is 12.2. The molecular formula is C14H23N3O3S. The summed E-state index contributed by atoms with van der Waals surface area (Å²) in [6.45, 7) is 0.986. The highest BCUT2D eigenvalue weighted by atomic mass is 32.2. The fraction of sp³-hybridized carbons (Fsp3) is 0.571. The second kappa shape index (κ2) is 6.64. The highest BCUT2D eigenvalue weighted by Gasteiger charge is 2.29. The van der Waals surface area contributed by atoms with Gasteiger partial charge in [0.2, 0.25) is 10.0 Å². The van der Waals surface area contributed by atoms with Gasteiger partial charge in [0, 0.05) is 24.9 Å². The molecule has 1 unspecified atom stereocenters. The molecule has 1 aromatic rings. The van der Waals surface area contributed by atoms with Crippen molar-refractivity contribution in [2.45, 2.75) is 36.6 Å². The van der Waals surface area contributed by atoms with Crippen molar-refractivity contribution in [1.82, 2.24) is 4.72 Å². The lowest BCUT2D eigenvalue weighted by Gasteiger charge is -2.28. The molecule has 1 aliphatic heterocycles. The Morgan fingerprint density at radius 1 is 1.48 bits per heavy atom. The summed E-state index contributed by atoms with van der Waals surface area (Å²) < 4.78 is 26.8. The van der Waals surface area contributed by atoms with Crippen molar-refractivity contribution in [3.05, 3.63) is 18.2 Å². The predicted molar refractivity (Wildman–Crippen MR) is 83.8 cm³/mol. The third-order valence-corrected chi connectivity index (χ3v) is 5.37. The van der Waals surface area contributed by atoms with Crippen molar-refractivity contribution in [3.8, 4) is 0 Å². The molecule has 1 heterocycles. The quantitative estimate of drug-likeness (QED) is 0.679. The summed E-state index contributed by atoms with van der Waals surface area (Å²) in [6, 6.07) is 5.27. The molecular weight excluding hydrogens is 290 g/mol. The average Bonchev–Trinajstić information content (AvgIpc) is 2.93. The zero-order valence-corrected chi connectivity index (χ0v) is 13.1. The second-order valence-corrected chi connectivity index (χ2v) is 7.14. The van der Waals surface area contributed by atoms with Gasteiger partial charge in [-0.05, 0) is 50.9 Å². The largest absolute Gasteiger partial charge is 0.399 e. The van der Waals surface area contributed by atoms with Crippen molar-refractivity contribution in [3.63, 3.8) is 0 Å². The van der Waals surface area contributed by atoms with E-state index in [2.05, 4.69) is 9.62 Å². The van der Waals surface area contributed by atoms with Crippen LogP contribution >= 0.6 is 0 Å². The van der Waals surface area contributed by atoms with Crippen LogP contribution in [0.3, 0.4) is 0 Å². The summed E-state index contributed by atoms with van der Waals surface area (Å²) in [6.07, 6.45) is 3.63. The molecule has 1 saturated heterocycles.